The molecule has 0 atom stereocenters. The summed E-state index contributed by atoms with van der Waals surface area (Å²) < 4.78 is 6.06. The number of carbonyl (C=O) groups excluding carboxylic acids is 1. The van der Waals surface area contributed by atoms with Crippen LogP contribution in [0.1, 0.15) is 5.56 Å². The Hall–Kier alpha value is -1.98. The fraction of sp³-hybridized carbons (Fsp3) is 0.0625. The van der Waals surface area contributed by atoms with Gasteiger partial charge in [-0.1, -0.05) is 39.7 Å². The number of rotatable bonds is 4. The molecule has 22 heavy (non-hydrogen) atoms. The van der Waals surface area contributed by atoms with Crippen LogP contribution in [0.25, 0.3) is 6.08 Å². The molecule has 0 heterocycles. The zero-order valence-electron chi connectivity index (χ0n) is 11.8. The summed E-state index contributed by atoms with van der Waals surface area (Å²) in [5, 5.41) is 5.74. The van der Waals surface area contributed by atoms with Crippen LogP contribution in [0.2, 0.25) is 5.02 Å². The summed E-state index contributed by atoms with van der Waals surface area (Å²) >= 11 is 9.36. The van der Waals surface area contributed by atoms with Crippen molar-refractivity contribution in [1.29, 1.82) is 0 Å². The summed E-state index contributed by atoms with van der Waals surface area (Å²) in [6.07, 6.45) is 3.37. The monoisotopic (exact) mass is 380 g/mol. The number of benzene rings is 2. The number of amides is 2. The number of ether oxygens (including phenoxy) is 1. The van der Waals surface area contributed by atoms with E-state index >= 15 is 0 Å². The van der Waals surface area contributed by atoms with Gasteiger partial charge in [-0.05, 0) is 42.0 Å². The molecular weight excluding hydrogens is 368 g/mol. The first-order chi connectivity index (χ1) is 10.6. The fourth-order valence-corrected chi connectivity index (χ4v) is 2.22. The van der Waals surface area contributed by atoms with Crippen molar-refractivity contribution >= 4 is 45.3 Å². The first kappa shape index (κ1) is 16.4. The minimum Gasteiger partial charge on any atom is -0.495 e. The highest BCUT2D eigenvalue weighted by atomic mass is 79.9. The van der Waals surface area contributed by atoms with E-state index in [1.54, 1.807) is 30.5 Å². The van der Waals surface area contributed by atoms with E-state index in [1.165, 1.54) is 7.11 Å². The van der Waals surface area contributed by atoms with Crippen LogP contribution in [-0.2, 0) is 0 Å². The fourth-order valence-electron chi connectivity index (χ4n) is 1.70. The highest BCUT2D eigenvalue weighted by Crippen LogP contribution is 2.27. The van der Waals surface area contributed by atoms with Crippen molar-refractivity contribution in [3.63, 3.8) is 0 Å². The molecule has 0 aliphatic carbocycles. The van der Waals surface area contributed by atoms with Crippen LogP contribution in [0.5, 0.6) is 5.75 Å². The molecule has 0 aliphatic rings. The molecule has 2 aromatic carbocycles. The second-order valence-electron chi connectivity index (χ2n) is 4.33. The van der Waals surface area contributed by atoms with Gasteiger partial charge < -0.3 is 15.4 Å². The average Bonchev–Trinajstić information content (AvgIpc) is 2.49. The Morgan fingerprint density at radius 1 is 1.23 bits per heavy atom. The summed E-state index contributed by atoms with van der Waals surface area (Å²) in [5.41, 5.74) is 1.57. The molecule has 0 aliphatic heterocycles. The summed E-state index contributed by atoms with van der Waals surface area (Å²) in [6, 6.07) is 12.4. The SMILES string of the molecule is COc1ccc(NC(=O)N/C=C/c2ccc(Br)cc2)cc1Cl. The van der Waals surface area contributed by atoms with Crippen molar-refractivity contribution in [2.75, 3.05) is 12.4 Å². The van der Waals surface area contributed by atoms with Gasteiger partial charge in [0.1, 0.15) is 5.75 Å². The maximum atomic E-state index is 11.8. The zero-order valence-corrected chi connectivity index (χ0v) is 14.1. The standard InChI is InChI=1S/C16H14BrClN2O2/c1-22-15-7-6-13(10-14(15)18)20-16(21)19-9-8-11-2-4-12(17)5-3-11/h2-10H,1H3,(H2,19,20,21)/b9-8+. The van der Waals surface area contributed by atoms with Crippen LogP contribution in [0.3, 0.4) is 0 Å². The number of hydrogen-bond acceptors (Lipinski definition) is 2. The van der Waals surface area contributed by atoms with Crippen molar-refractivity contribution in [1.82, 2.24) is 5.32 Å². The highest BCUT2D eigenvalue weighted by Gasteiger charge is 2.04. The molecular formula is C16H14BrClN2O2. The molecule has 0 unspecified atom stereocenters. The normalized spacial score (nSPS) is 10.5. The summed E-state index contributed by atoms with van der Waals surface area (Å²) in [4.78, 5) is 11.8. The number of hydrogen-bond donors (Lipinski definition) is 2. The molecule has 114 valence electrons. The van der Waals surface area contributed by atoms with E-state index in [2.05, 4.69) is 26.6 Å². The molecule has 2 aromatic rings. The van der Waals surface area contributed by atoms with Gasteiger partial charge in [-0.2, -0.15) is 0 Å². The van der Waals surface area contributed by atoms with Crippen molar-refractivity contribution in [2.45, 2.75) is 0 Å². The molecule has 0 radical (unpaired) electrons. The third-order valence-corrected chi connectivity index (χ3v) is 3.59. The van der Waals surface area contributed by atoms with Crippen LogP contribution in [-0.4, -0.2) is 13.1 Å². The third kappa shape index (κ3) is 4.79. The maximum absolute atomic E-state index is 11.8. The van der Waals surface area contributed by atoms with E-state index in [0.29, 0.717) is 16.5 Å². The Bertz CT molecular complexity index is 687. The second-order valence-corrected chi connectivity index (χ2v) is 5.66. The average molecular weight is 382 g/mol. The van der Waals surface area contributed by atoms with Crippen molar-refractivity contribution < 1.29 is 9.53 Å². The Balaban J connectivity index is 1.90. The lowest BCUT2D eigenvalue weighted by molar-refractivity contribution is 0.255. The van der Waals surface area contributed by atoms with Gasteiger partial charge >= 0.3 is 6.03 Å². The number of halogens is 2. The zero-order chi connectivity index (χ0) is 15.9. The first-order valence-corrected chi connectivity index (χ1v) is 7.59. The molecule has 0 bridgehead atoms. The number of methoxy groups -OCH3 is 1. The highest BCUT2D eigenvalue weighted by molar-refractivity contribution is 9.10. The van der Waals surface area contributed by atoms with E-state index in [0.717, 1.165) is 10.0 Å². The summed E-state index contributed by atoms with van der Waals surface area (Å²) in [6.45, 7) is 0. The topological polar surface area (TPSA) is 50.4 Å². The van der Waals surface area contributed by atoms with Gasteiger partial charge in [-0.15, -0.1) is 0 Å². The van der Waals surface area contributed by atoms with Crippen LogP contribution in [0, 0.1) is 0 Å². The van der Waals surface area contributed by atoms with E-state index in [9.17, 15) is 4.79 Å². The number of nitrogens with one attached hydrogen (secondary N) is 2. The summed E-state index contributed by atoms with van der Waals surface area (Å²) in [7, 11) is 1.54. The van der Waals surface area contributed by atoms with Gasteiger partial charge in [0.05, 0.1) is 12.1 Å². The Kier molecular flexibility index (Phi) is 5.86. The molecule has 0 spiro atoms. The van der Waals surface area contributed by atoms with E-state index in [1.807, 2.05) is 24.3 Å². The van der Waals surface area contributed by atoms with Gasteiger partial charge in [-0.3, -0.25) is 0 Å². The Labute approximate surface area is 142 Å². The number of anilines is 1. The van der Waals surface area contributed by atoms with Crippen molar-refractivity contribution in [3.8, 4) is 5.75 Å². The third-order valence-electron chi connectivity index (χ3n) is 2.77. The largest absolute Gasteiger partial charge is 0.495 e. The van der Waals surface area contributed by atoms with Crippen molar-refractivity contribution in [2.24, 2.45) is 0 Å². The van der Waals surface area contributed by atoms with Crippen LogP contribution >= 0.6 is 27.5 Å². The predicted molar refractivity (Wildman–Crippen MR) is 93.3 cm³/mol. The lowest BCUT2D eigenvalue weighted by atomic mass is 10.2. The van der Waals surface area contributed by atoms with Gasteiger partial charge in [-0.25, -0.2) is 4.79 Å². The lowest BCUT2D eigenvalue weighted by Gasteiger charge is -2.07. The van der Waals surface area contributed by atoms with Crippen LogP contribution in [0.4, 0.5) is 10.5 Å². The van der Waals surface area contributed by atoms with Gasteiger partial charge in [0, 0.05) is 16.4 Å². The Morgan fingerprint density at radius 2 is 1.95 bits per heavy atom. The summed E-state index contributed by atoms with van der Waals surface area (Å²) in [5.74, 6) is 0.558. The second kappa shape index (κ2) is 7.87. The van der Waals surface area contributed by atoms with E-state index in [4.69, 9.17) is 16.3 Å². The molecule has 4 nitrogen and oxygen atoms in total. The molecule has 0 aromatic heterocycles. The van der Waals surface area contributed by atoms with Gasteiger partial charge in [0.2, 0.25) is 0 Å². The minimum absolute atomic E-state index is 0.352. The minimum atomic E-state index is -0.352. The molecule has 2 N–H and O–H groups in total. The first-order valence-electron chi connectivity index (χ1n) is 6.41. The predicted octanol–water partition coefficient (Wildman–Crippen LogP) is 4.90. The molecule has 2 amide bonds. The quantitative estimate of drug-likeness (QED) is 0.791. The number of urea groups is 1. The molecule has 6 heteroatoms. The molecule has 0 fully saturated rings. The van der Waals surface area contributed by atoms with Crippen LogP contribution < -0.4 is 15.4 Å². The van der Waals surface area contributed by atoms with Crippen LogP contribution in [0.15, 0.2) is 53.1 Å². The lowest BCUT2D eigenvalue weighted by Crippen LogP contribution is -2.23. The smallest absolute Gasteiger partial charge is 0.323 e. The maximum Gasteiger partial charge on any atom is 0.323 e. The van der Waals surface area contributed by atoms with Crippen molar-refractivity contribution in [3.05, 3.63) is 63.7 Å². The van der Waals surface area contributed by atoms with E-state index < -0.39 is 0 Å². The molecule has 0 saturated carbocycles. The van der Waals surface area contributed by atoms with E-state index in [-0.39, 0.29) is 6.03 Å². The van der Waals surface area contributed by atoms with Gasteiger partial charge in [0.15, 0.2) is 0 Å². The van der Waals surface area contributed by atoms with Gasteiger partial charge in [0.25, 0.3) is 0 Å². The molecule has 2 rings (SSSR count). The Morgan fingerprint density at radius 3 is 2.59 bits per heavy atom. The molecule has 0 saturated heterocycles. The number of carbonyl (C=O) groups is 1.